The van der Waals surface area contributed by atoms with Crippen LogP contribution in [0, 0.1) is 0 Å². The molecule has 154 valence electrons. The predicted molar refractivity (Wildman–Crippen MR) is 113 cm³/mol. The average molecular weight is 405 g/mol. The fraction of sp³-hybridized carbons (Fsp3) is 0.167. The maximum absolute atomic E-state index is 13.0. The van der Waals surface area contributed by atoms with E-state index < -0.39 is 18.0 Å². The van der Waals surface area contributed by atoms with Crippen LogP contribution in [-0.2, 0) is 14.3 Å². The Labute approximate surface area is 175 Å². The summed E-state index contributed by atoms with van der Waals surface area (Å²) in [6.07, 6.45) is -1.13. The van der Waals surface area contributed by atoms with Crippen molar-refractivity contribution in [3.63, 3.8) is 0 Å². The first-order valence-electron chi connectivity index (χ1n) is 9.62. The fourth-order valence-electron chi connectivity index (χ4n) is 2.77. The molecular weight excluding hydrogens is 382 g/mol. The van der Waals surface area contributed by atoms with Gasteiger partial charge in [-0.2, -0.15) is 0 Å². The molecule has 1 N–H and O–H groups in total. The van der Waals surface area contributed by atoms with Crippen LogP contribution in [0.1, 0.15) is 18.6 Å². The highest BCUT2D eigenvalue weighted by Gasteiger charge is 2.26. The van der Waals surface area contributed by atoms with Crippen LogP contribution < -0.4 is 14.8 Å². The molecule has 1 amide bonds. The minimum absolute atomic E-state index is 0.309. The van der Waals surface area contributed by atoms with Crippen molar-refractivity contribution in [2.24, 2.45) is 0 Å². The summed E-state index contributed by atoms with van der Waals surface area (Å²) in [6.45, 7) is 2.01. The van der Waals surface area contributed by atoms with Gasteiger partial charge in [0.25, 0.3) is 5.91 Å². The quantitative estimate of drug-likeness (QED) is 0.535. The molecule has 1 atom stereocenters. The van der Waals surface area contributed by atoms with Crippen LogP contribution in [0.15, 0.2) is 84.9 Å². The number of carbonyl (C=O) groups is 2. The second-order valence-corrected chi connectivity index (χ2v) is 6.30. The molecule has 0 aliphatic heterocycles. The van der Waals surface area contributed by atoms with E-state index >= 15 is 0 Å². The van der Waals surface area contributed by atoms with Gasteiger partial charge in [0.15, 0.2) is 6.61 Å². The second kappa shape index (κ2) is 10.7. The molecule has 0 radical (unpaired) electrons. The molecule has 0 saturated carbocycles. The molecular formula is C24H23NO5. The first-order valence-corrected chi connectivity index (χ1v) is 9.62. The molecule has 3 rings (SSSR count). The predicted octanol–water partition coefficient (Wildman–Crippen LogP) is 4.39. The first-order chi connectivity index (χ1) is 14.7. The number of esters is 1. The number of nitrogens with one attached hydrogen (secondary N) is 1. The van der Waals surface area contributed by atoms with Crippen molar-refractivity contribution < 1.29 is 23.8 Å². The Morgan fingerprint density at radius 3 is 2.17 bits per heavy atom. The molecule has 0 bridgehead atoms. The SMILES string of the molecule is CCOc1ccccc1NC(=O)[C@@H](OC(=O)COc1ccccc1)c1ccccc1. The summed E-state index contributed by atoms with van der Waals surface area (Å²) in [7, 11) is 0. The van der Waals surface area contributed by atoms with E-state index in [9.17, 15) is 9.59 Å². The van der Waals surface area contributed by atoms with Crippen molar-refractivity contribution in [2.45, 2.75) is 13.0 Å². The Morgan fingerprint density at radius 2 is 1.47 bits per heavy atom. The lowest BCUT2D eigenvalue weighted by Gasteiger charge is -2.19. The summed E-state index contributed by atoms with van der Waals surface area (Å²) in [6, 6.07) is 24.8. The lowest BCUT2D eigenvalue weighted by atomic mass is 10.1. The minimum atomic E-state index is -1.13. The zero-order valence-electron chi connectivity index (χ0n) is 16.6. The monoisotopic (exact) mass is 405 g/mol. The van der Waals surface area contributed by atoms with Gasteiger partial charge in [-0.15, -0.1) is 0 Å². The van der Waals surface area contributed by atoms with Crippen molar-refractivity contribution in [3.8, 4) is 11.5 Å². The van der Waals surface area contributed by atoms with Gasteiger partial charge in [0.1, 0.15) is 11.5 Å². The third-order valence-electron chi connectivity index (χ3n) is 4.13. The smallest absolute Gasteiger partial charge is 0.345 e. The third-order valence-corrected chi connectivity index (χ3v) is 4.13. The summed E-state index contributed by atoms with van der Waals surface area (Å²) in [4.78, 5) is 25.4. The van der Waals surface area contributed by atoms with Crippen molar-refractivity contribution in [3.05, 3.63) is 90.5 Å². The number of rotatable bonds is 9. The Hall–Kier alpha value is -3.80. The molecule has 3 aromatic carbocycles. The van der Waals surface area contributed by atoms with Gasteiger partial charge in [0.05, 0.1) is 12.3 Å². The lowest BCUT2D eigenvalue weighted by Crippen LogP contribution is -2.28. The summed E-state index contributed by atoms with van der Waals surface area (Å²) in [5.41, 5.74) is 1.05. The van der Waals surface area contributed by atoms with Crippen LogP contribution in [-0.4, -0.2) is 25.1 Å². The second-order valence-electron chi connectivity index (χ2n) is 6.30. The zero-order valence-corrected chi connectivity index (χ0v) is 16.6. The van der Waals surface area contributed by atoms with Gasteiger partial charge >= 0.3 is 5.97 Å². The van der Waals surface area contributed by atoms with Gasteiger partial charge in [0, 0.05) is 5.56 Å². The van der Waals surface area contributed by atoms with Gasteiger partial charge in [0.2, 0.25) is 6.10 Å². The van der Waals surface area contributed by atoms with Gasteiger partial charge in [-0.3, -0.25) is 4.79 Å². The Morgan fingerprint density at radius 1 is 0.833 bits per heavy atom. The highest BCUT2D eigenvalue weighted by atomic mass is 16.6. The molecule has 0 fully saturated rings. The van der Waals surface area contributed by atoms with E-state index in [0.717, 1.165) is 0 Å². The molecule has 6 heteroatoms. The number of benzene rings is 3. The summed E-state index contributed by atoms with van der Waals surface area (Å²) in [5, 5.41) is 2.79. The van der Waals surface area contributed by atoms with E-state index in [0.29, 0.717) is 29.4 Å². The molecule has 0 aliphatic rings. The number of hydrogen-bond acceptors (Lipinski definition) is 5. The zero-order chi connectivity index (χ0) is 21.2. The number of carbonyl (C=O) groups excluding carboxylic acids is 2. The van der Waals surface area contributed by atoms with Gasteiger partial charge in [-0.05, 0) is 31.2 Å². The van der Waals surface area contributed by atoms with E-state index in [1.165, 1.54) is 0 Å². The number of ether oxygens (including phenoxy) is 3. The molecule has 6 nitrogen and oxygen atoms in total. The Bertz CT molecular complexity index is 960. The van der Waals surface area contributed by atoms with Crippen LogP contribution in [0.3, 0.4) is 0 Å². The number of para-hydroxylation sites is 3. The molecule has 0 aliphatic carbocycles. The number of amides is 1. The van der Waals surface area contributed by atoms with Crippen LogP contribution >= 0.6 is 0 Å². The molecule has 0 heterocycles. The van der Waals surface area contributed by atoms with E-state index in [1.54, 1.807) is 66.7 Å². The molecule has 0 unspecified atom stereocenters. The Balaban J connectivity index is 1.72. The third kappa shape index (κ3) is 5.85. The topological polar surface area (TPSA) is 73.9 Å². The normalized spacial score (nSPS) is 11.2. The number of anilines is 1. The van der Waals surface area contributed by atoms with Gasteiger partial charge in [-0.25, -0.2) is 4.79 Å². The van der Waals surface area contributed by atoms with Gasteiger partial charge < -0.3 is 19.5 Å². The molecule has 0 saturated heterocycles. The van der Waals surface area contributed by atoms with Crippen molar-refractivity contribution in [1.82, 2.24) is 0 Å². The van der Waals surface area contributed by atoms with Crippen LogP contribution in [0.2, 0.25) is 0 Å². The largest absolute Gasteiger partial charge is 0.492 e. The van der Waals surface area contributed by atoms with Gasteiger partial charge in [-0.1, -0.05) is 60.7 Å². The maximum Gasteiger partial charge on any atom is 0.345 e. The van der Waals surface area contributed by atoms with E-state index in [1.807, 2.05) is 25.1 Å². The minimum Gasteiger partial charge on any atom is -0.492 e. The summed E-state index contributed by atoms with van der Waals surface area (Å²) in [5.74, 6) is -0.0536. The van der Waals surface area contributed by atoms with E-state index in [2.05, 4.69) is 5.32 Å². The fourth-order valence-corrected chi connectivity index (χ4v) is 2.77. The number of hydrogen-bond donors (Lipinski definition) is 1. The van der Waals surface area contributed by atoms with Crippen LogP contribution in [0.4, 0.5) is 5.69 Å². The molecule has 3 aromatic rings. The van der Waals surface area contributed by atoms with E-state index in [-0.39, 0.29) is 6.61 Å². The highest BCUT2D eigenvalue weighted by molar-refractivity contribution is 5.97. The van der Waals surface area contributed by atoms with Crippen molar-refractivity contribution in [1.29, 1.82) is 0 Å². The van der Waals surface area contributed by atoms with Crippen LogP contribution in [0.5, 0.6) is 11.5 Å². The maximum atomic E-state index is 13.0. The highest BCUT2D eigenvalue weighted by Crippen LogP contribution is 2.26. The first kappa shape index (κ1) is 20.9. The van der Waals surface area contributed by atoms with Crippen molar-refractivity contribution in [2.75, 3.05) is 18.5 Å². The average Bonchev–Trinajstić information content (AvgIpc) is 2.79. The van der Waals surface area contributed by atoms with Crippen LogP contribution in [0.25, 0.3) is 0 Å². The van der Waals surface area contributed by atoms with Crippen molar-refractivity contribution >= 4 is 17.6 Å². The summed E-state index contributed by atoms with van der Waals surface area (Å²) >= 11 is 0. The molecule has 0 spiro atoms. The Kier molecular flexibility index (Phi) is 7.44. The van der Waals surface area contributed by atoms with E-state index in [4.69, 9.17) is 14.2 Å². The molecule has 0 aromatic heterocycles. The standard InChI is InChI=1S/C24H23NO5/c1-2-28-21-16-10-9-15-20(21)25-24(27)23(18-11-5-3-6-12-18)30-22(26)17-29-19-13-7-4-8-14-19/h3-16,23H,2,17H2,1H3,(H,25,27)/t23-/m0/s1. The molecule has 30 heavy (non-hydrogen) atoms. The summed E-state index contributed by atoms with van der Waals surface area (Å²) < 4.78 is 16.5. The lowest BCUT2D eigenvalue weighted by molar-refractivity contribution is -0.156.